The van der Waals surface area contributed by atoms with Crippen molar-refractivity contribution in [1.29, 1.82) is 0 Å². The first kappa shape index (κ1) is 27.8. The van der Waals surface area contributed by atoms with E-state index in [4.69, 9.17) is 9.94 Å². The van der Waals surface area contributed by atoms with Gasteiger partial charge in [-0.1, -0.05) is 38.4 Å². The number of carbonyl (C=O) groups is 3. The molecule has 0 radical (unpaired) electrons. The van der Waals surface area contributed by atoms with Crippen LogP contribution in [0.5, 0.6) is 0 Å². The quantitative estimate of drug-likeness (QED) is 0.417. The van der Waals surface area contributed by atoms with Crippen molar-refractivity contribution >= 4 is 23.4 Å². The third-order valence-corrected chi connectivity index (χ3v) is 10.6. The Bertz CT molecular complexity index is 1000. The van der Waals surface area contributed by atoms with E-state index in [9.17, 15) is 19.5 Å². The number of aliphatic carboxylic acids is 1. The van der Waals surface area contributed by atoms with E-state index in [0.29, 0.717) is 23.5 Å². The third kappa shape index (κ3) is 5.10. The number of nitrogens with zero attached hydrogens (tertiary/aromatic N) is 1. The molecule has 3 saturated carbocycles. The molecule has 0 aromatic heterocycles. The fourth-order valence-electron chi connectivity index (χ4n) is 8.29. The molecule has 0 saturated heterocycles. The Balaban J connectivity index is 1.35. The molecule has 0 aromatic carbocycles. The number of nitrogens with one attached hydrogen (secondary N) is 1. The average molecular weight is 517 g/mol. The summed E-state index contributed by atoms with van der Waals surface area (Å²) in [6.07, 6.45) is 9.23. The number of carboxylic acid groups (broad SMARTS) is 1. The summed E-state index contributed by atoms with van der Waals surface area (Å²) < 4.78 is 0. The molecular weight excluding hydrogens is 472 g/mol. The molecule has 0 heterocycles. The minimum absolute atomic E-state index is 0.0113. The largest absolute Gasteiger partial charge is 0.479 e. The van der Waals surface area contributed by atoms with Crippen molar-refractivity contribution in [1.82, 2.24) is 5.32 Å². The van der Waals surface area contributed by atoms with Gasteiger partial charge >= 0.3 is 5.97 Å². The Morgan fingerprint density at radius 1 is 1.14 bits per heavy atom. The van der Waals surface area contributed by atoms with Gasteiger partial charge in [-0.2, -0.15) is 0 Å². The highest BCUT2D eigenvalue weighted by molar-refractivity contribution is 5.96. The Hall–Kier alpha value is -2.22. The Morgan fingerprint density at radius 3 is 2.54 bits per heavy atom. The lowest BCUT2D eigenvalue weighted by atomic mass is 9.46. The molecule has 0 unspecified atom stereocenters. The van der Waals surface area contributed by atoms with Crippen LogP contribution in [-0.2, 0) is 19.2 Å². The lowest BCUT2D eigenvalue weighted by Crippen LogP contribution is -2.51. The van der Waals surface area contributed by atoms with Crippen LogP contribution in [0.2, 0.25) is 0 Å². The molecular formula is C29H44N2O6. The number of carbonyl (C=O) groups excluding carboxylic acids is 2. The molecule has 4 rings (SSSR count). The highest BCUT2D eigenvalue weighted by Crippen LogP contribution is 2.66. The summed E-state index contributed by atoms with van der Waals surface area (Å²) in [4.78, 5) is 40.9. The molecule has 0 spiro atoms. The monoisotopic (exact) mass is 516 g/mol. The summed E-state index contributed by atoms with van der Waals surface area (Å²) in [5.41, 5.74) is 1.62. The highest BCUT2D eigenvalue weighted by atomic mass is 16.6. The van der Waals surface area contributed by atoms with E-state index < -0.39 is 23.4 Å². The smallest absolute Gasteiger partial charge is 0.333 e. The molecule has 37 heavy (non-hydrogen) atoms. The van der Waals surface area contributed by atoms with Crippen LogP contribution in [0.25, 0.3) is 0 Å². The van der Waals surface area contributed by atoms with E-state index in [1.807, 2.05) is 0 Å². The van der Waals surface area contributed by atoms with Crippen LogP contribution in [0.1, 0.15) is 86.0 Å². The number of oxime groups is 1. The predicted octanol–water partition coefficient (Wildman–Crippen LogP) is 4.11. The van der Waals surface area contributed by atoms with Gasteiger partial charge in [0.2, 0.25) is 0 Å². The summed E-state index contributed by atoms with van der Waals surface area (Å²) in [7, 11) is 0. The summed E-state index contributed by atoms with van der Waals surface area (Å²) >= 11 is 0. The topological polar surface area (TPSA) is 125 Å². The van der Waals surface area contributed by atoms with Gasteiger partial charge in [-0.15, -0.1) is 0 Å². The van der Waals surface area contributed by atoms with Gasteiger partial charge in [-0.25, -0.2) is 4.79 Å². The predicted molar refractivity (Wildman–Crippen MR) is 140 cm³/mol. The molecule has 3 fully saturated rings. The lowest BCUT2D eigenvalue weighted by Gasteiger charge is -2.58. The van der Waals surface area contributed by atoms with Crippen LogP contribution >= 0.6 is 0 Å². The summed E-state index contributed by atoms with van der Waals surface area (Å²) in [6.45, 7) is 9.50. The van der Waals surface area contributed by atoms with Crippen LogP contribution in [0, 0.1) is 39.9 Å². The molecule has 206 valence electrons. The second-order valence-corrected chi connectivity index (χ2v) is 13.1. The number of Topliss-reactive ketones (excluding diaryl/α,β-unsaturated/α-hetero) is 1. The first-order chi connectivity index (χ1) is 17.3. The van der Waals surface area contributed by atoms with Gasteiger partial charge in [-0.3, -0.25) is 9.59 Å². The van der Waals surface area contributed by atoms with E-state index in [-0.39, 0.29) is 29.9 Å². The summed E-state index contributed by atoms with van der Waals surface area (Å²) in [6, 6.07) is 0. The number of hydrogen-bond acceptors (Lipinski definition) is 6. The van der Waals surface area contributed by atoms with Crippen molar-refractivity contribution in [2.45, 2.75) is 92.1 Å². The maximum Gasteiger partial charge on any atom is 0.333 e. The minimum atomic E-state index is -1.57. The first-order valence-corrected chi connectivity index (χ1v) is 13.9. The normalized spacial score (nSPS) is 37.0. The van der Waals surface area contributed by atoms with Gasteiger partial charge in [0.25, 0.3) is 5.91 Å². The zero-order valence-electron chi connectivity index (χ0n) is 23.0. The lowest BCUT2D eigenvalue weighted by molar-refractivity contribution is -0.153. The zero-order chi connectivity index (χ0) is 27.2. The van der Waals surface area contributed by atoms with Crippen molar-refractivity contribution in [2.75, 3.05) is 13.2 Å². The van der Waals surface area contributed by atoms with Crippen molar-refractivity contribution in [3.05, 3.63) is 11.6 Å². The van der Waals surface area contributed by atoms with Crippen molar-refractivity contribution in [3.63, 3.8) is 0 Å². The van der Waals surface area contributed by atoms with E-state index in [2.05, 4.69) is 30.4 Å². The van der Waals surface area contributed by atoms with E-state index in [0.717, 1.165) is 37.8 Å². The van der Waals surface area contributed by atoms with E-state index in [1.54, 1.807) is 20.8 Å². The molecule has 4 aliphatic carbocycles. The number of ketones is 1. The number of aliphatic hydroxyl groups is 1. The third-order valence-electron chi connectivity index (χ3n) is 10.6. The highest BCUT2D eigenvalue weighted by Gasteiger charge is 2.59. The number of carboxylic acids is 1. The molecule has 1 amide bonds. The molecule has 8 heteroatoms. The molecule has 0 aliphatic heterocycles. The maximum atomic E-state index is 12.4. The number of amides is 1. The first-order valence-electron chi connectivity index (χ1n) is 13.9. The molecule has 0 bridgehead atoms. The second kappa shape index (κ2) is 10.2. The maximum absolute atomic E-state index is 12.4. The number of fused-ring (bicyclic) bond motifs is 5. The second-order valence-electron chi connectivity index (χ2n) is 13.1. The Kier molecular flexibility index (Phi) is 7.63. The molecule has 8 nitrogen and oxygen atoms in total. The molecule has 7 atom stereocenters. The van der Waals surface area contributed by atoms with Crippen molar-refractivity contribution in [2.24, 2.45) is 45.1 Å². The molecule has 3 N–H and O–H groups in total. The van der Waals surface area contributed by atoms with Crippen molar-refractivity contribution in [3.8, 4) is 0 Å². The SMILES string of the molecule is CC(=O)[C@@H]1CC[C@@H]2[C@H]3CCC4=C/C(=N/OCC(=O)NCC(C)(C)[C@@H](O)C(=O)O)CC[C@]4(C)[C@@H]3CC[C@@]21C. The average Bonchev–Trinajstić information content (AvgIpc) is 3.20. The number of rotatable bonds is 8. The number of allylic oxidation sites excluding steroid dienone is 2. The van der Waals surface area contributed by atoms with Crippen LogP contribution in [-0.4, -0.2) is 52.8 Å². The summed E-state index contributed by atoms with van der Waals surface area (Å²) in [5.74, 6) is 0.864. The van der Waals surface area contributed by atoms with E-state index >= 15 is 0 Å². The van der Waals surface area contributed by atoms with Gasteiger partial charge in [0.15, 0.2) is 12.7 Å². The van der Waals surface area contributed by atoms with Crippen LogP contribution in [0.4, 0.5) is 0 Å². The van der Waals surface area contributed by atoms with Gasteiger partial charge in [0.05, 0.1) is 5.71 Å². The Labute approximate surface area is 220 Å². The number of hydrogen-bond donors (Lipinski definition) is 3. The Morgan fingerprint density at radius 2 is 1.86 bits per heavy atom. The van der Waals surface area contributed by atoms with Gasteiger partial charge in [0, 0.05) is 17.9 Å². The summed E-state index contributed by atoms with van der Waals surface area (Å²) in [5, 5.41) is 25.6. The zero-order valence-corrected chi connectivity index (χ0v) is 23.0. The molecule has 4 aliphatic rings. The fraction of sp³-hybridized carbons (Fsp3) is 0.793. The van der Waals surface area contributed by atoms with Gasteiger partial charge in [0.1, 0.15) is 5.78 Å². The fourth-order valence-corrected chi connectivity index (χ4v) is 8.29. The number of aliphatic hydroxyl groups excluding tert-OH is 1. The van der Waals surface area contributed by atoms with Crippen molar-refractivity contribution < 1.29 is 29.4 Å². The van der Waals surface area contributed by atoms with Gasteiger partial charge in [-0.05, 0) is 93.0 Å². The minimum Gasteiger partial charge on any atom is -0.479 e. The van der Waals surface area contributed by atoms with Crippen LogP contribution < -0.4 is 5.32 Å². The molecule has 0 aromatic rings. The van der Waals surface area contributed by atoms with Crippen LogP contribution in [0.3, 0.4) is 0 Å². The van der Waals surface area contributed by atoms with Gasteiger partial charge < -0.3 is 20.4 Å². The van der Waals surface area contributed by atoms with E-state index in [1.165, 1.54) is 24.8 Å². The standard InChI is InChI=1S/C29H44N2O6/c1-17(32)21-8-9-22-20-7-6-18-14-19(10-12-28(18,4)23(20)11-13-29(21,22)5)31-37-15-24(33)30-16-27(2,3)25(34)26(35)36/h14,20-23,25,34H,6-13,15-16H2,1-5H3,(H,30,33)(H,35,36)/b31-19+/t20-,21+,22-,23-,25+,28+,29-/m1/s1. The van der Waals surface area contributed by atoms with Crippen LogP contribution in [0.15, 0.2) is 16.8 Å².